The monoisotopic (exact) mass is 540 g/mol. The molecular formula is C33H40N4O3. The number of likely N-dealkylation sites (N-methyl/N-ethyl adjacent to an activating group) is 1. The minimum Gasteiger partial charge on any atom is -0.472 e. The molecule has 2 aromatic carbocycles. The predicted molar refractivity (Wildman–Crippen MR) is 159 cm³/mol. The maximum atomic E-state index is 13.6. The molecule has 7 heteroatoms. The number of fused-ring (bicyclic) bond motifs is 1. The van der Waals surface area contributed by atoms with E-state index in [4.69, 9.17) is 4.74 Å². The predicted octanol–water partition coefficient (Wildman–Crippen LogP) is 4.01. The largest absolute Gasteiger partial charge is 0.472 e. The van der Waals surface area contributed by atoms with Gasteiger partial charge in [0, 0.05) is 37.3 Å². The fourth-order valence-electron chi connectivity index (χ4n) is 4.80. The van der Waals surface area contributed by atoms with Gasteiger partial charge in [0.2, 0.25) is 5.88 Å². The van der Waals surface area contributed by atoms with E-state index in [0.717, 1.165) is 6.54 Å². The van der Waals surface area contributed by atoms with Gasteiger partial charge in [-0.2, -0.15) is 0 Å². The van der Waals surface area contributed by atoms with Crippen molar-refractivity contribution in [1.82, 2.24) is 19.7 Å². The summed E-state index contributed by atoms with van der Waals surface area (Å²) in [4.78, 5) is 24.1. The van der Waals surface area contributed by atoms with E-state index in [9.17, 15) is 9.90 Å². The second-order valence-electron chi connectivity index (χ2n) is 11.0. The number of amides is 1. The van der Waals surface area contributed by atoms with E-state index in [1.807, 2.05) is 32.0 Å². The van der Waals surface area contributed by atoms with Crippen LogP contribution in [0.4, 0.5) is 0 Å². The number of carbonyl (C=O) groups excluding carboxylic acids is 1. The van der Waals surface area contributed by atoms with Gasteiger partial charge in [0.1, 0.15) is 11.7 Å². The fourth-order valence-corrected chi connectivity index (χ4v) is 4.80. The van der Waals surface area contributed by atoms with Crippen LogP contribution in [0.3, 0.4) is 0 Å². The topological polar surface area (TPSA) is 69.1 Å². The van der Waals surface area contributed by atoms with Crippen molar-refractivity contribution in [2.75, 3.05) is 47.4 Å². The highest BCUT2D eigenvalue weighted by atomic mass is 16.5. The van der Waals surface area contributed by atoms with E-state index >= 15 is 0 Å². The fraction of sp³-hybridized carbons (Fsp3) is 0.394. The maximum absolute atomic E-state index is 13.6. The second kappa shape index (κ2) is 13.6. The van der Waals surface area contributed by atoms with Crippen molar-refractivity contribution in [3.8, 4) is 28.8 Å². The molecule has 0 radical (unpaired) electrons. The van der Waals surface area contributed by atoms with Crippen molar-refractivity contribution in [3.63, 3.8) is 0 Å². The Morgan fingerprint density at radius 1 is 1.10 bits per heavy atom. The Hall–Kier alpha value is -3.70. The minimum absolute atomic E-state index is 0.0235. The summed E-state index contributed by atoms with van der Waals surface area (Å²) in [6, 6.07) is 20.4. The molecule has 2 heterocycles. The van der Waals surface area contributed by atoms with Crippen LogP contribution in [0.5, 0.6) is 5.88 Å². The molecule has 0 saturated heterocycles. The number of carbonyl (C=O) groups is 1. The Balaban J connectivity index is 1.53. The van der Waals surface area contributed by atoms with Crippen molar-refractivity contribution in [3.05, 3.63) is 83.6 Å². The van der Waals surface area contributed by atoms with Crippen LogP contribution in [-0.4, -0.2) is 90.2 Å². The SMILES string of the molecule is C[C@H]1CN([C@@H](C)CO)C(=O)c2cc(C#CCN(C)C)cnc2O[C@H]1CN(C)Cc1ccc(-c2ccccc2)cc1. The number of ether oxygens (including phenoxy) is 1. The molecule has 1 amide bonds. The van der Waals surface area contributed by atoms with Crippen molar-refractivity contribution in [1.29, 1.82) is 0 Å². The van der Waals surface area contributed by atoms with Crippen molar-refractivity contribution in [2.24, 2.45) is 5.92 Å². The highest BCUT2D eigenvalue weighted by Gasteiger charge is 2.34. The third-order valence-electron chi connectivity index (χ3n) is 7.15. The molecule has 0 bridgehead atoms. The number of hydrogen-bond donors (Lipinski definition) is 1. The molecule has 1 aromatic heterocycles. The maximum Gasteiger partial charge on any atom is 0.259 e. The molecule has 1 aliphatic rings. The van der Waals surface area contributed by atoms with Crippen LogP contribution in [0.1, 0.15) is 35.3 Å². The molecule has 40 heavy (non-hydrogen) atoms. The molecule has 0 spiro atoms. The highest BCUT2D eigenvalue weighted by molar-refractivity contribution is 5.97. The van der Waals surface area contributed by atoms with E-state index < -0.39 is 0 Å². The lowest BCUT2D eigenvalue weighted by Crippen LogP contribution is -2.49. The number of aliphatic hydroxyl groups is 1. The average molecular weight is 541 g/mol. The third-order valence-corrected chi connectivity index (χ3v) is 7.15. The van der Waals surface area contributed by atoms with Gasteiger partial charge in [-0.15, -0.1) is 0 Å². The van der Waals surface area contributed by atoms with Gasteiger partial charge >= 0.3 is 0 Å². The Bertz CT molecular complexity index is 1330. The zero-order valence-electron chi connectivity index (χ0n) is 24.2. The molecule has 4 rings (SSSR count). The summed E-state index contributed by atoms with van der Waals surface area (Å²) >= 11 is 0. The summed E-state index contributed by atoms with van der Waals surface area (Å²) in [5.41, 5.74) is 4.66. The molecule has 0 aliphatic carbocycles. The van der Waals surface area contributed by atoms with Gasteiger partial charge in [0.05, 0.1) is 19.2 Å². The molecule has 3 aromatic rings. The number of benzene rings is 2. The molecule has 210 valence electrons. The van der Waals surface area contributed by atoms with E-state index in [0.29, 0.717) is 36.6 Å². The van der Waals surface area contributed by atoms with Gasteiger partial charge in [-0.25, -0.2) is 4.98 Å². The average Bonchev–Trinajstić information content (AvgIpc) is 2.95. The molecule has 3 atom stereocenters. The summed E-state index contributed by atoms with van der Waals surface area (Å²) in [7, 11) is 5.99. The van der Waals surface area contributed by atoms with Crippen LogP contribution in [-0.2, 0) is 6.54 Å². The Morgan fingerprint density at radius 3 is 2.48 bits per heavy atom. The molecule has 0 fully saturated rings. The van der Waals surface area contributed by atoms with Gasteiger partial charge in [0.15, 0.2) is 0 Å². The first-order valence-electron chi connectivity index (χ1n) is 13.8. The summed E-state index contributed by atoms with van der Waals surface area (Å²) < 4.78 is 6.45. The number of aliphatic hydroxyl groups excluding tert-OH is 1. The van der Waals surface area contributed by atoms with Crippen LogP contribution >= 0.6 is 0 Å². The summed E-state index contributed by atoms with van der Waals surface area (Å²) in [5, 5.41) is 9.92. The van der Waals surface area contributed by atoms with Gasteiger partial charge < -0.3 is 14.7 Å². The van der Waals surface area contributed by atoms with Crippen LogP contribution < -0.4 is 4.74 Å². The van der Waals surface area contributed by atoms with E-state index in [1.54, 1.807) is 17.2 Å². The Kier molecular flexibility index (Phi) is 9.94. The third kappa shape index (κ3) is 7.48. The number of nitrogens with zero attached hydrogens (tertiary/aromatic N) is 4. The molecule has 7 nitrogen and oxygen atoms in total. The summed E-state index contributed by atoms with van der Waals surface area (Å²) in [6.07, 6.45) is 1.46. The van der Waals surface area contributed by atoms with Crippen molar-refractivity contribution >= 4 is 5.91 Å². The first-order chi connectivity index (χ1) is 19.2. The summed E-state index contributed by atoms with van der Waals surface area (Å²) in [5.74, 6) is 6.34. The molecular weight excluding hydrogens is 500 g/mol. The lowest BCUT2D eigenvalue weighted by Gasteiger charge is -2.37. The lowest BCUT2D eigenvalue weighted by molar-refractivity contribution is 0.0325. The van der Waals surface area contributed by atoms with Gasteiger partial charge in [-0.05, 0) is 50.8 Å². The summed E-state index contributed by atoms with van der Waals surface area (Å²) in [6.45, 7) is 6.33. The lowest BCUT2D eigenvalue weighted by atomic mass is 9.99. The van der Waals surface area contributed by atoms with Gasteiger partial charge in [-0.1, -0.05) is 73.4 Å². The number of aromatic nitrogens is 1. The number of hydrogen-bond acceptors (Lipinski definition) is 6. The number of pyridine rings is 1. The van der Waals surface area contributed by atoms with Crippen LogP contribution in [0.25, 0.3) is 11.1 Å². The zero-order chi connectivity index (χ0) is 28.6. The number of rotatable bonds is 8. The Labute approximate surface area is 238 Å². The van der Waals surface area contributed by atoms with E-state index in [2.05, 4.69) is 84.2 Å². The van der Waals surface area contributed by atoms with Gasteiger partial charge in [0.25, 0.3) is 5.91 Å². The van der Waals surface area contributed by atoms with Crippen LogP contribution in [0.2, 0.25) is 0 Å². The smallest absolute Gasteiger partial charge is 0.259 e. The van der Waals surface area contributed by atoms with Gasteiger partial charge in [-0.3, -0.25) is 14.6 Å². The van der Waals surface area contributed by atoms with Crippen LogP contribution in [0, 0.1) is 17.8 Å². The zero-order valence-corrected chi connectivity index (χ0v) is 24.2. The standard InChI is InChI=1S/C33H40N4O3/c1-24-20-37(25(2)23-38)33(39)30-18-27(10-9-17-35(3)4)19-34-32(30)40-31(24)22-36(5)21-26-13-15-29(16-14-26)28-11-7-6-8-12-28/h6-8,11-16,18-19,24-25,31,38H,17,20-23H2,1-5H3/t24-,25-,31-/m0/s1. The van der Waals surface area contributed by atoms with Crippen LogP contribution in [0.15, 0.2) is 66.9 Å². The first kappa shape index (κ1) is 29.3. The molecule has 1 N–H and O–H groups in total. The molecule has 0 unspecified atom stereocenters. The quantitative estimate of drug-likeness (QED) is 0.436. The normalized spacial score (nSPS) is 17.9. The molecule has 0 saturated carbocycles. The van der Waals surface area contributed by atoms with Crippen molar-refractivity contribution in [2.45, 2.75) is 32.5 Å². The van der Waals surface area contributed by atoms with E-state index in [1.165, 1.54) is 16.7 Å². The second-order valence-corrected chi connectivity index (χ2v) is 11.0. The van der Waals surface area contributed by atoms with E-state index in [-0.39, 0.29) is 30.6 Å². The minimum atomic E-state index is -0.328. The Morgan fingerprint density at radius 2 is 1.80 bits per heavy atom. The first-order valence-corrected chi connectivity index (χ1v) is 13.8. The molecule has 1 aliphatic heterocycles. The van der Waals surface area contributed by atoms with Crippen molar-refractivity contribution < 1.29 is 14.6 Å². The highest BCUT2D eigenvalue weighted by Crippen LogP contribution is 2.28.